The number of nitrogens with one attached hydrogen (secondary N) is 2. The van der Waals surface area contributed by atoms with Crippen LogP contribution in [0.2, 0.25) is 10.6 Å². The van der Waals surface area contributed by atoms with Crippen molar-refractivity contribution >= 4 is 90.8 Å². The average Bonchev–Trinajstić information content (AvgIpc) is 2.98. The average molecular weight is 804 g/mol. The smallest absolute Gasteiger partial charge is 0.295 e. The Hall–Kier alpha value is -4.36. The second-order valence-electron chi connectivity index (χ2n) is 10.8. The summed E-state index contributed by atoms with van der Waals surface area (Å²) in [6.07, 6.45) is -2.59. The second-order valence-corrected chi connectivity index (χ2v) is 14.3. The Bertz CT molecular complexity index is 2030. The van der Waals surface area contributed by atoms with Gasteiger partial charge in [0.2, 0.25) is 34.4 Å². The molecular weight excluding hydrogens is 771 g/mol. The van der Waals surface area contributed by atoms with E-state index in [9.17, 15) is 46.4 Å². The molecule has 4 aromatic rings. The molecule has 0 saturated carbocycles. The zero-order valence-corrected chi connectivity index (χ0v) is 30.5. The summed E-state index contributed by atoms with van der Waals surface area (Å²) in [7, 11) is -9.79. The van der Waals surface area contributed by atoms with E-state index < -0.39 is 54.9 Å². The normalized spacial score (nSPS) is 14.5. The van der Waals surface area contributed by atoms with Crippen LogP contribution in [0.3, 0.4) is 0 Å². The SMILES string of the molecule is CC(O)N(c1nc(Cl)nc(Nc2ccc(C=Cc3ccc(Nc4nc(Cl)nc(N(C(C)O)C(C)O)n4)cc3S(=O)(=O)O)c(S(=O)(=O)O)c2)n1)C(C)O. The third-order valence-electron chi connectivity index (χ3n) is 6.80. The summed E-state index contributed by atoms with van der Waals surface area (Å²) < 4.78 is 69.6. The van der Waals surface area contributed by atoms with E-state index >= 15 is 0 Å². The van der Waals surface area contributed by atoms with Crippen LogP contribution < -0.4 is 20.4 Å². The predicted octanol–water partition coefficient (Wildman–Crippen LogP) is 2.48. The van der Waals surface area contributed by atoms with Crippen LogP contribution in [-0.2, 0) is 20.2 Å². The number of anilines is 6. The lowest BCUT2D eigenvalue weighted by Gasteiger charge is -2.28. The van der Waals surface area contributed by atoms with Crippen LogP contribution in [0.15, 0.2) is 46.2 Å². The first-order valence-corrected chi connectivity index (χ1v) is 18.3. The first-order valence-electron chi connectivity index (χ1n) is 14.7. The van der Waals surface area contributed by atoms with Gasteiger partial charge in [0, 0.05) is 11.4 Å². The summed E-state index contributed by atoms with van der Waals surface area (Å²) in [5.41, 5.74) is -0.125. The second kappa shape index (κ2) is 16.1. The van der Waals surface area contributed by atoms with E-state index in [0.717, 1.165) is 21.9 Å². The lowest BCUT2D eigenvalue weighted by molar-refractivity contribution is 0.102. The number of rotatable bonds is 14. The van der Waals surface area contributed by atoms with Crippen LogP contribution in [0.25, 0.3) is 12.2 Å². The van der Waals surface area contributed by atoms with Crippen molar-refractivity contribution in [3.63, 3.8) is 0 Å². The highest BCUT2D eigenvalue weighted by molar-refractivity contribution is 7.86. The van der Waals surface area contributed by atoms with Gasteiger partial charge in [0.25, 0.3) is 20.2 Å². The van der Waals surface area contributed by atoms with E-state index in [-0.39, 0.29) is 56.9 Å². The highest BCUT2D eigenvalue weighted by Crippen LogP contribution is 2.29. The van der Waals surface area contributed by atoms with Gasteiger partial charge in [-0.3, -0.25) is 18.9 Å². The number of nitrogens with zero attached hydrogens (tertiary/aromatic N) is 8. The van der Waals surface area contributed by atoms with Crippen molar-refractivity contribution in [2.24, 2.45) is 0 Å². The quantitative estimate of drug-likeness (QED) is 0.0516. The summed E-state index contributed by atoms with van der Waals surface area (Å²) >= 11 is 12.0. The van der Waals surface area contributed by atoms with Gasteiger partial charge < -0.3 is 31.1 Å². The number of aromatic nitrogens is 6. The van der Waals surface area contributed by atoms with Gasteiger partial charge in [-0.1, -0.05) is 24.3 Å². The maximum atomic E-state index is 12.4. The molecule has 2 aromatic carbocycles. The van der Waals surface area contributed by atoms with Gasteiger partial charge in [0.15, 0.2) is 0 Å². The zero-order valence-electron chi connectivity index (χ0n) is 27.4. The van der Waals surface area contributed by atoms with Gasteiger partial charge in [-0.15, -0.1) is 0 Å². The Morgan fingerprint density at radius 1 is 0.596 bits per heavy atom. The monoisotopic (exact) mass is 802 g/mol. The third-order valence-corrected chi connectivity index (χ3v) is 8.96. The molecule has 0 saturated heterocycles. The Morgan fingerprint density at radius 3 is 1.21 bits per heavy atom. The summed E-state index contributed by atoms with van der Waals surface area (Å²) in [5.74, 6) is -0.842. The zero-order chi connectivity index (χ0) is 38.7. The highest BCUT2D eigenvalue weighted by atomic mass is 35.5. The summed E-state index contributed by atoms with van der Waals surface area (Å²) in [4.78, 5) is 24.6. The van der Waals surface area contributed by atoms with Crippen LogP contribution in [0.4, 0.5) is 35.2 Å². The van der Waals surface area contributed by atoms with Gasteiger partial charge >= 0.3 is 0 Å². The minimum atomic E-state index is -4.90. The van der Waals surface area contributed by atoms with E-state index in [2.05, 4.69) is 40.5 Å². The van der Waals surface area contributed by atoms with Gasteiger partial charge in [0.05, 0.1) is 0 Å². The molecule has 0 aliphatic rings. The molecule has 0 fully saturated rings. The molecule has 2 aromatic heterocycles. The maximum absolute atomic E-state index is 12.4. The number of halogens is 2. The number of hydrogen-bond acceptors (Lipinski definition) is 18. The molecule has 8 N–H and O–H groups in total. The van der Waals surface area contributed by atoms with Crippen molar-refractivity contribution < 1.29 is 46.4 Å². The molecule has 0 spiro atoms. The molecule has 0 amide bonds. The number of hydrogen-bond donors (Lipinski definition) is 8. The van der Waals surface area contributed by atoms with Gasteiger partial charge in [-0.25, -0.2) is 0 Å². The Kier molecular flexibility index (Phi) is 12.5. The van der Waals surface area contributed by atoms with E-state index in [1.807, 2.05) is 0 Å². The summed E-state index contributed by atoms with van der Waals surface area (Å²) in [6.45, 7) is 5.40. The lowest BCUT2D eigenvalue weighted by Crippen LogP contribution is -2.41. The van der Waals surface area contributed by atoms with Crippen molar-refractivity contribution in [3.05, 3.63) is 58.1 Å². The van der Waals surface area contributed by atoms with Gasteiger partial charge in [-0.2, -0.15) is 46.7 Å². The molecule has 20 nitrogen and oxygen atoms in total. The fourth-order valence-electron chi connectivity index (χ4n) is 4.70. The molecule has 2 heterocycles. The fourth-order valence-corrected chi connectivity index (χ4v) is 6.43. The van der Waals surface area contributed by atoms with Crippen molar-refractivity contribution in [3.8, 4) is 0 Å². The van der Waals surface area contributed by atoms with Crippen LogP contribution in [-0.4, -0.2) is 101 Å². The largest absolute Gasteiger partial charge is 0.374 e. The van der Waals surface area contributed by atoms with E-state index in [0.29, 0.717) is 0 Å². The molecule has 0 aliphatic carbocycles. The minimum Gasteiger partial charge on any atom is -0.374 e. The van der Waals surface area contributed by atoms with Crippen molar-refractivity contribution in [1.29, 1.82) is 0 Å². The van der Waals surface area contributed by atoms with Gasteiger partial charge in [0.1, 0.15) is 34.7 Å². The lowest BCUT2D eigenvalue weighted by atomic mass is 10.1. The molecule has 280 valence electrons. The first-order chi connectivity index (χ1) is 24.1. The highest BCUT2D eigenvalue weighted by Gasteiger charge is 2.24. The first kappa shape index (κ1) is 40.4. The minimum absolute atomic E-state index is 0.0410. The molecule has 4 atom stereocenters. The van der Waals surface area contributed by atoms with E-state index in [1.165, 1.54) is 64.1 Å². The molecule has 52 heavy (non-hydrogen) atoms. The molecule has 0 radical (unpaired) electrons. The summed E-state index contributed by atoms with van der Waals surface area (Å²) in [6, 6.07) is 7.31. The van der Waals surface area contributed by atoms with Crippen molar-refractivity contribution in [2.45, 2.75) is 62.4 Å². The predicted molar refractivity (Wildman–Crippen MR) is 189 cm³/mol. The maximum Gasteiger partial charge on any atom is 0.295 e. The number of benzene rings is 2. The van der Waals surface area contributed by atoms with Crippen molar-refractivity contribution in [1.82, 2.24) is 29.9 Å². The molecule has 0 aliphatic heterocycles. The fraction of sp³-hybridized carbons (Fsp3) is 0.286. The molecule has 24 heteroatoms. The topological polar surface area (TPSA) is 298 Å². The number of aliphatic hydroxyl groups is 4. The Labute approximate surface area is 307 Å². The van der Waals surface area contributed by atoms with Crippen LogP contribution in [0.1, 0.15) is 38.8 Å². The standard InChI is InChI=1S/C28H32Cl2N10O10S2/c1-13(41)39(14(2)42)27-35-23(29)33-25(37-27)31-19-9-7-17(21(11-19)51(45,46)47)5-6-18-8-10-20(12-22(18)52(48,49)50)32-26-34-24(30)36-28(38-26)40(15(3)43)16(4)44/h5-16,41-44H,1-4H3,(H,45,46,47)(H,48,49,50)(H,31,33,35,37)(H,32,34,36,38). The Morgan fingerprint density at radius 2 is 0.923 bits per heavy atom. The number of aliphatic hydroxyl groups excluding tert-OH is 4. The van der Waals surface area contributed by atoms with E-state index in [4.69, 9.17) is 23.2 Å². The molecule has 4 rings (SSSR count). The van der Waals surface area contributed by atoms with Gasteiger partial charge in [-0.05, 0) is 86.3 Å². The molecule has 0 bridgehead atoms. The van der Waals surface area contributed by atoms with Crippen molar-refractivity contribution in [2.75, 3.05) is 20.4 Å². The molecular formula is C28H32Cl2N10O10S2. The van der Waals surface area contributed by atoms with Crippen LogP contribution >= 0.6 is 23.2 Å². The molecule has 4 unspecified atom stereocenters. The summed E-state index contributed by atoms with van der Waals surface area (Å²) in [5, 5.41) is 44.8. The van der Waals surface area contributed by atoms with E-state index in [1.54, 1.807) is 0 Å². The third kappa shape index (κ3) is 10.2. The van der Waals surface area contributed by atoms with Crippen LogP contribution in [0, 0.1) is 0 Å². The van der Waals surface area contributed by atoms with Crippen LogP contribution in [0.5, 0.6) is 0 Å². The Balaban J connectivity index is 1.68.